The Kier molecular flexibility index (Phi) is 7.78. The molecule has 0 radical (unpaired) electrons. The van der Waals surface area contributed by atoms with Crippen molar-refractivity contribution in [2.24, 2.45) is 0 Å². The van der Waals surface area contributed by atoms with Crippen LogP contribution < -0.4 is 0 Å². The number of aromatic nitrogens is 1. The number of likely N-dealkylation sites (N-methyl/N-ethyl adjacent to an activating group) is 1. The Hall–Kier alpha value is -3.43. The molecule has 3 heterocycles. The summed E-state index contributed by atoms with van der Waals surface area (Å²) in [5, 5.41) is 9.60. The zero-order chi connectivity index (χ0) is 28.7. The zero-order valence-corrected chi connectivity index (χ0v) is 24.0. The molecule has 1 aliphatic heterocycles. The van der Waals surface area contributed by atoms with E-state index in [0.29, 0.717) is 35.8 Å². The van der Waals surface area contributed by atoms with E-state index in [0.717, 1.165) is 16.8 Å². The minimum atomic E-state index is -0.990. The molecule has 4 rings (SSSR count). The first-order chi connectivity index (χ1) is 18.2. The summed E-state index contributed by atoms with van der Waals surface area (Å²) >= 11 is 6.08. The third kappa shape index (κ3) is 6.25. The van der Waals surface area contributed by atoms with Gasteiger partial charge in [-0.05, 0) is 44.5 Å². The summed E-state index contributed by atoms with van der Waals surface area (Å²) in [6, 6.07) is 11.2. The Labute approximate surface area is 233 Å². The monoisotopic (exact) mass is 554 g/mol. The summed E-state index contributed by atoms with van der Waals surface area (Å²) in [5.74, 6) is -1.22. The van der Waals surface area contributed by atoms with Crippen LogP contribution >= 0.6 is 11.6 Å². The first-order valence-corrected chi connectivity index (χ1v) is 13.2. The Morgan fingerprint density at radius 2 is 1.77 bits per heavy atom. The lowest BCUT2D eigenvalue weighted by molar-refractivity contribution is -0.140. The van der Waals surface area contributed by atoms with Crippen molar-refractivity contribution in [3.63, 3.8) is 0 Å². The number of rotatable bonds is 6. The Morgan fingerprint density at radius 3 is 2.36 bits per heavy atom. The number of hydrogen-bond acceptors (Lipinski definition) is 6. The number of furan rings is 1. The molecule has 0 aliphatic carbocycles. The minimum absolute atomic E-state index is 0.00287. The molecule has 0 bridgehead atoms. The lowest BCUT2D eigenvalue weighted by atomic mass is 9.86. The van der Waals surface area contributed by atoms with Gasteiger partial charge in [0.25, 0.3) is 5.91 Å². The molecule has 1 fully saturated rings. The number of carbonyl (C=O) groups excluding carboxylic acids is 2. The van der Waals surface area contributed by atoms with Gasteiger partial charge in [0.15, 0.2) is 11.3 Å². The highest BCUT2D eigenvalue weighted by Crippen LogP contribution is 2.35. The van der Waals surface area contributed by atoms with Crippen molar-refractivity contribution in [1.82, 2.24) is 19.7 Å². The molecule has 3 aromatic rings. The number of fused-ring (bicyclic) bond motifs is 1. The summed E-state index contributed by atoms with van der Waals surface area (Å²) in [6.07, 6.45) is 0. The van der Waals surface area contributed by atoms with Gasteiger partial charge in [-0.3, -0.25) is 19.3 Å². The smallest absolute Gasteiger partial charge is 0.317 e. The minimum Gasteiger partial charge on any atom is -0.480 e. The highest BCUT2D eigenvalue weighted by molar-refractivity contribution is 6.30. The van der Waals surface area contributed by atoms with Gasteiger partial charge in [0.1, 0.15) is 5.52 Å². The van der Waals surface area contributed by atoms with Crippen LogP contribution in [0.15, 0.2) is 40.8 Å². The van der Waals surface area contributed by atoms with Crippen molar-refractivity contribution in [3.05, 3.63) is 52.7 Å². The Balaban J connectivity index is 1.60. The second-order valence-electron chi connectivity index (χ2n) is 11.8. The van der Waals surface area contributed by atoms with E-state index < -0.39 is 11.5 Å². The van der Waals surface area contributed by atoms with Crippen molar-refractivity contribution in [2.75, 3.05) is 39.8 Å². The zero-order valence-electron chi connectivity index (χ0n) is 23.2. The van der Waals surface area contributed by atoms with E-state index in [9.17, 15) is 14.4 Å². The van der Waals surface area contributed by atoms with Crippen LogP contribution in [0.4, 0.5) is 0 Å². The molecule has 2 amide bonds. The van der Waals surface area contributed by atoms with E-state index in [1.165, 1.54) is 4.90 Å². The van der Waals surface area contributed by atoms with Crippen molar-refractivity contribution in [1.29, 1.82) is 0 Å². The van der Waals surface area contributed by atoms with Crippen LogP contribution in [0.1, 0.15) is 50.7 Å². The Morgan fingerprint density at radius 1 is 1.10 bits per heavy atom. The number of nitrogens with zero attached hydrogens (tertiary/aromatic N) is 4. The van der Waals surface area contributed by atoms with Crippen LogP contribution in [0.5, 0.6) is 0 Å². The van der Waals surface area contributed by atoms with E-state index in [1.54, 1.807) is 22.9 Å². The number of aliphatic carboxylic acids is 1. The van der Waals surface area contributed by atoms with Crippen molar-refractivity contribution in [2.45, 2.75) is 45.6 Å². The predicted octanol–water partition coefficient (Wildman–Crippen LogP) is 4.53. The van der Waals surface area contributed by atoms with E-state index in [1.807, 2.05) is 44.2 Å². The lowest BCUT2D eigenvalue weighted by Gasteiger charge is -2.47. The number of amides is 2. The fourth-order valence-corrected chi connectivity index (χ4v) is 5.07. The Bertz CT molecular complexity index is 1410. The molecule has 208 valence electrons. The quantitative estimate of drug-likeness (QED) is 0.477. The summed E-state index contributed by atoms with van der Waals surface area (Å²) in [5.41, 5.74) is 2.88. The first kappa shape index (κ1) is 28.6. The van der Waals surface area contributed by atoms with Gasteiger partial charge in [0, 0.05) is 41.9 Å². The fraction of sp³-hybridized carbons (Fsp3) is 0.448. The third-order valence-electron chi connectivity index (χ3n) is 6.95. The lowest BCUT2D eigenvalue weighted by Crippen LogP contribution is -2.62. The average Bonchev–Trinajstić information content (AvgIpc) is 3.26. The third-order valence-corrected chi connectivity index (χ3v) is 7.20. The number of hydrogen-bond donors (Lipinski definition) is 1. The standard InChI is InChI=1S/C29H35ClN4O5/c1-28(2,3)20-13-21(18-7-9-19(30)10-8-18)31-22-14-23(39-26(20)22)27(38)34-12-11-33(17-29(34,4)5)24(35)15-32(6)16-25(36)37/h7-10,13-14H,11-12,15-17H2,1-6H3,(H,36,37). The maximum Gasteiger partial charge on any atom is 0.317 e. The maximum absolute atomic E-state index is 13.7. The normalized spacial score (nSPS) is 15.7. The van der Waals surface area contributed by atoms with Crippen LogP contribution in [0.2, 0.25) is 5.02 Å². The molecule has 39 heavy (non-hydrogen) atoms. The van der Waals surface area contributed by atoms with Gasteiger partial charge in [-0.25, -0.2) is 4.98 Å². The van der Waals surface area contributed by atoms with Crippen LogP contribution in [0, 0.1) is 0 Å². The van der Waals surface area contributed by atoms with E-state index in [4.69, 9.17) is 26.1 Å². The van der Waals surface area contributed by atoms with Gasteiger partial charge < -0.3 is 19.3 Å². The molecule has 0 spiro atoms. The van der Waals surface area contributed by atoms with Crippen molar-refractivity contribution >= 4 is 40.5 Å². The van der Waals surface area contributed by atoms with E-state index >= 15 is 0 Å². The molecular weight excluding hydrogens is 520 g/mol. The number of piperazine rings is 1. The molecule has 9 nitrogen and oxygen atoms in total. The highest BCUT2D eigenvalue weighted by Gasteiger charge is 2.40. The number of carboxylic acids is 1. The topological polar surface area (TPSA) is 107 Å². The van der Waals surface area contributed by atoms with Crippen LogP contribution in [-0.4, -0.2) is 87.9 Å². The van der Waals surface area contributed by atoms with Gasteiger partial charge >= 0.3 is 5.97 Å². The largest absolute Gasteiger partial charge is 0.480 e. The first-order valence-electron chi connectivity index (χ1n) is 12.9. The van der Waals surface area contributed by atoms with E-state index in [-0.39, 0.29) is 36.1 Å². The summed E-state index contributed by atoms with van der Waals surface area (Å²) < 4.78 is 6.19. The van der Waals surface area contributed by atoms with Crippen molar-refractivity contribution in [3.8, 4) is 11.3 Å². The molecule has 0 atom stereocenters. The fourth-order valence-electron chi connectivity index (χ4n) is 4.95. The molecule has 0 saturated carbocycles. The van der Waals surface area contributed by atoms with Gasteiger partial charge in [-0.15, -0.1) is 0 Å². The van der Waals surface area contributed by atoms with Gasteiger partial charge in [0.2, 0.25) is 5.91 Å². The average molecular weight is 555 g/mol. The van der Waals surface area contributed by atoms with Crippen LogP contribution in [0.25, 0.3) is 22.4 Å². The van der Waals surface area contributed by atoms with Crippen LogP contribution in [-0.2, 0) is 15.0 Å². The number of halogens is 1. The SMILES string of the molecule is CN(CC(=O)O)CC(=O)N1CCN(C(=O)c2cc3nc(-c4ccc(Cl)cc4)cc(C(C)(C)C)c3o2)C(C)(C)C1. The maximum atomic E-state index is 13.7. The van der Waals surface area contributed by atoms with Crippen LogP contribution in [0.3, 0.4) is 0 Å². The van der Waals surface area contributed by atoms with Gasteiger partial charge in [-0.1, -0.05) is 44.5 Å². The van der Waals surface area contributed by atoms with Gasteiger partial charge in [0.05, 0.1) is 24.3 Å². The molecule has 1 N–H and O–H groups in total. The predicted molar refractivity (Wildman–Crippen MR) is 150 cm³/mol. The molecule has 1 aliphatic rings. The number of benzene rings is 1. The molecule has 2 aromatic heterocycles. The second-order valence-corrected chi connectivity index (χ2v) is 12.2. The van der Waals surface area contributed by atoms with E-state index in [2.05, 4.69) is 20.8 Å². The number of carbonyl (C=O) groups is 3. The second kappa shape index (κ2) is 10.6. The van der Waals surface area contributed by atoms with Gasteiger partial charge in [-0.2, -0.15) is 0 Å². The summed E-state index contributed by atoms with van der Waals surface area (Å²) in [4.78, 5) is 47.1. The summed E-state index contributed by atoms with van der Waals surface area (Å²) in [6.45, 7) is 10.9. The number of pyridine rings is 1. The highest BCUT2D eigenvalue weighted by atomic mass is 35.5. The molecular formula is C29H35ClN4O5. The van der Waals surface area contributed by atoms with Crippen molar-refractivity contribution < 1.29 is 23.9 Å². The number of carboxylic acid groups (broad SMARTS) is 1. The molecule has 0 unspecified atom stereocenters. The molecule has 1 saturated heterocycles. The molecule has 10 heteroatoms. The summed E-state index contributed by atoms with van der Waals surface area (Å²) in [7, 11) is 1.59. The molecule has 1 aromatic carbocycles.